The Morgan fingerprint density at radius 2 is 1.71 bits per heavy atom. The number of nitrogens with zero attached hydrogens (tertiary/aromatic N) is 4. The maximum Gasteiger partial charge on any atom is 0.134 e. The fourth-order valence-electron chi connectivity index (χ4n) is 4.08. The minimum absolute atomic E-state index is 0.520. The summed E-state index contributed by atoms with van der Waals surface area (Å²) in [5, 5.41) is 22.0. The van der Waals surface area contributed by atoms with Crippen molar-refractivity contribution in [3.05, 3.63) is 112 Å². The van der Waals surface area contributed by atoms with Gasteiger partial charge in [-0.2, -0.15) is 10.4 Å². The van der Waals surface area contributed by atoms with Crippen LogP contribution in [0.2, 0.25) is 0 Å². The fourth-order valence-corrected chi connectivity index (χ4v) is 5.63. The van der Waals surface area contributed by atoms with E-state index < -0.39 is 0 Å². The highest BCUT2D eigenvalue weighted by molar-refractivity contribution is 7.14. The average molecular weight is 487 g/mol. The van der Waals surface area contributed by atoms with Gasteiger partial charge in [-0.3, -0.25) is 0 Å². The molecule has 6 rings (SSSR count). The van der Waals surface area contributed by atoms with Gasteiger partial charge in [0.1, 0.15) is 16.8 Å². The summed E-state index contributed by atoms with van der Waals surface area (Å²) >= 11 is 3.13. The third-order valence-corrected chi connectivity index (χ3v) is 7.50. The predicted octanol–water partition coefficient (Wildman–Crippen LogP) is 7.94. The first-order valence-corrected chi connectivity index (χ1v) is 12.8. The second kappa shape index (κ2) is 9.15. The zero-order valence-electron chi connectivity index (χ0n) is 18.5. The number of benzene rings is 3. The molecule has 0 N–H and O–H groups in total. The van der Waals surface area contributed by atoms with Crippen molar-refractivity contribution in [1.82, 2.24) is 14.8 Å². The number of hydrogen-bond acceptors (Lipinski definition) is 5. The summed E-state index contributed by atoms with van der Waals surface area (Å²) in [6.45, 7) is 0. The number of aromatic nitrogens is 3. The first kappa shape index (κ1) is 21.2. The van der Waals surface area contributed by atoms with Crippen LogP contribution in [0.15, 0.2) is 102 Å². The molecule has 3 heterocycles. The molecule has 0 aliphatic heterocycles. The molecular formula is C29H18N4S2. The molecule has 0 aliphatic rings. The van der Waals surface area contributed by atoms with Crippen LogP contribution in [0.4, 0.5) is 0 Å². The highest BCUT2D eigenvalue weighted by Crippen LogP contribution is 2.34. The quantitative estimate of drug-likeness (QED) is 0.232. The van der Waals surface area contributed by atoms with Crippen LogP contribution in [0.1, 0.15) is 10.6 Å². The van der Waals surface area contributed by atoms with E-state index in [4.69, 9.17) is 10.1 Å². The molecule has 3 aromatic heterocycles. The Labute approximate surface area is 210 Å². The summed E-state index contributed by atoms with van der Waals surface area (Å²) < 4.78 is 1.87. The van der Waals surface area contributed by atoms with Crippen LogP contribution in [0.5, 0.6) is 0 Å². The smallest absolute Gasteiger partial charge is 0.134 e. The molecule has 0 bridgehead atoms. The summed E-state index contributed by atoms with van der Waals surface area (Å²) in [6, 6.07) is 31.0. The van der Waals surface area contributed by atoms with Crippen molar-refractivity contribution >= 4 is 45.1 Å². The molecule has 35 heavy (non-hydrogen) atoms. The van der Waals surface area contributed by atoms with Gasteiger partial charge >= 0.3 is 0 Å². The lowest BCUT2D eigenvalue weighted by atomic mass is 9.99. The van der Waals surface area contributed by atoms with Crippen molar-refractivity contribution in [2.75, 3.05) is 0 Å². The Bertz CT molecular complexity index is 1700. The van der Waals surface area contributed by atoms with Crippen molar-refractivity contribution in [3.8, 4) is 33.6 Å². The van der Waals surface area contributed by atoms with E-state index in [0.717, 1.165) is 43.9 Å². The van der Waals surface area contributed by atoms with Crippen molar-refractivity contribution in [1.29, 1.82) is 5.26 Å². The van der Waals surface area contributed by atoms with Crippen LogP contribution in [-0.2, 0) is 0 Å². The number of hydrogen-bond donors (Lipinski definition) is 0. The Kier molecular flexibility index (Phi) is 5.55. The number of allylic oxidation sites excluding steroid dienone is 1. The van der Waals surface area contributed by atoms with Crippen LogP contribution in [0, 0.1) is 11.3 Å². The van der Waals surface area contributed by atoms with Crippen LogP contribution in [0.3, 0.4) is 0 Å². The standard InChI is InChI=1S/C29H18N4S2/c30-17-21(29-31-26(19-35-29)27-14-7-15-34-27)16-22-18-33(23-10-2-1-3-11-23)32-28(22)25-13-6-9-20-8-4-5-12-24(20)25/h1-16,18-19H/b21-16+. The first-order chi connectivity index (χ1) is 17.3. The molecule has 0 spiro atoms. The topological polar surface area (TPSA) is 54.5 Å². The molecule has 166 valence electrons. The van der Waals surface area contributed by atoms with Crippen LogP contribution < -0.4 is 0 Å². The molecule has 0 amide bonds. The van der Waals surface area contributed by atoms with Crippen LogP contribution in [0.25, 0.3) is 49.9 Å². The van der Waals surface area contributed by atoms with Gasteiger partial charge in [0.15, 0.2) is 0 Å². The van der Waals surface area contributed by atoms with Gasteiger partial charge in [0, 0.05) is 22.7 Å². The molecule has 6 aromatic rings. The number of thiophene rings is 1. The van der Waals surface area contributed by atoms with Crippen LogP contribution in [-0.4, -0.2) is 14.8 Å². The monoisotopic (exact) mass is 486 g/mol. The second-order valence-electron chi connectivity index (χ2n) is 7.92. The summed E-state index contributed by atoms with van der Waals surface area (Å²) in [7, 11) is 0. The van der Waals surface area contributed by atoms with E-state index in [1.165, 1.54) is 11.3 Å². The maximum absolute atomic E-state index is 10.1. The Morgan fingerprint density at radius 1 is 0.886 bits per heavy atom. The molecule has 0 radical (unpaired) electrons. The van der Waals surface area contributed by atoms with E-state index in [1.54, 1.807) is 11.3 Å². The lowest BCUT2D eigenvalue weighted by Gasteiger charge is -2.05. The zero-order valence-corrected chi connectivity index (χ0v) is 20.1. The largest absolute Gasteiger partial charge is 0.240 e. The van der Waals surface area contributed by atoms with Gasteiger partial charge in [-0.25, -0.2) is 9.67 Å². The van der Waals surface area contributed by atoms with Gasteiger partial charge in [-0.1, -0.05) is 66.7 Å². The van der Waals surface area contributed by atoms with Crippen molar-refractivity contribution in [2.24, 2.45) is 0 Å². The van der Waals surface area contributed by atoms with Crippen LogP contribution >= 0.6 is 22.7 Å². The van der Waals surface area contributed by atoms with Crippen molar-refractivity contribution in [3.63, 3.8) is 0 Å². The normalized spacial score (nSPS) is 11.6. The lowest BCUT2D eigenvalue weighted by Crippen LogP contribution is -1.94. The molecule has 4 nitrogen and oxygen atoms in total. The Hall–Kier alpha value is -4.31. The number of thiazole rings is 1. The molecular weight excluding hydrogens is 468 g/mol. The van der Waals surface area contributed by atoms with Gasteiger partial charge in [0.25, 0.3) is 0 Å². The third-order valence-electron chi connectivity index (χ3n) is 5.74. The second-order valence-corrected chi connectivity index (χ2v) is 9.73. The molecule has 0 saturated heterocycles. The van der Waals surface area contributed by atoms with E-state index in [9.17, 15) is 5.26 Å². The maximum atomic E-state index is 10.1. The molecule has 6 heteroatoms. The zero-order chi connectivity index (χ0) is 23.6. The van der Waals surface area contributed by atoms with E-state index in [0.29, 0.717) is 10.6 Å². The number of fused-ring (bicyclic) bond motifs is 1. The highest BCUT2D eigenvalue weighted by Gasteiger charge is 2.16. The summed E-state index contributed by atoms with van der Waals surface area (Å²) in [6.07, 6.45) is 3.89. The molecule has 0 unspecified atom stereocenters. The van der Waals surface area contributed by atoms with E-state index in [1.807, 2.05) is 88.4 Å². The fraction of sp³-hybridized carbons (Fsp3) is 0. The molecule has 0 fully saturated rings. The van der Waals surface area contributed by atoms with E-state index >= 15 is 0 Å². The third kappa shape index (κ3) is 4.08. The molecule has 0 atom stereocenters. The minimum Gasteiger partial charge on any atom is -0.240 e. The average Bonchev–Trinajstić information content (AvgIpc) is 3.68. The Morgan fingerprint density at radius 3 is 2.54 bits per heavy atom. The SMILES string of the molecule is N#C/C(=C\c1cn(-c2ccccc2)nc1-c1cccc2ccccc12)c1nc(-c2cccs2)cs1. The summed E-state index contributed by atoms with van der Waals surface area (Å²) in [4.78, 5) is 5.84. The number of rotatable bonds is 5. The minimum atomic E-state index is 0.520. The van der Waals surface area contributed by atoms with Gasteiger partial charge in [0.05, 0.1) is 21.8 Å². The van der Waals surface area contributed by atoms with Gasteiger partial charge in [-0.05, 0) is 40.4 Å². The molecule has 0 saturated carbocycles. The predicted molar refractivity (Wildman–Crippen MR) is 145 cm³/mol. The van der Waals surface area contributed by atoms with E-state index in [2.05, 4.69) is 30.3 Å². The Balaban J connectivity index is 1.52. The summed E-state index contributed by atoms with van der Waals surface area (Å²) in [5.41, 5.74) is 5.10. The van der Waals surface area contributed by atoms with Crippen molar-refractivity contribution in [2.45, 2.75) is 0 Å². The van der Waals surface area contributed by atoms with E-state index in [-0.39, 0.29) is 0 Å². The van der Waals surface area contributed by atoms with Gasteiger partial charge in [-0.15, -0.1) is 22.7 Å². The van der Waals surface area contributed by atoms with Gasteiger partial charge < -0.3 is 0 Å². The summed E-state index contributed by atoms with van der Waals surface area (Å²) in [5.74, 6) is 0. The first-order valence-electron chi connectivity index (χ1n) is 11.0. The van der Waals surface area contributed by atoms with Crippen molar-refractivity contribution < 1.29 is 0 Å². The number of para-hydroxylation sites is 1. The highest BCUT2D eigenvalue weighted by atomic mass is 32.1. The molecule has 3 aromatic carbocycles. The number of nitriles is 1. The van der Waals surface area contributed by atoms with Gasteiger partial charge in [0.2, 0.25) is 0 Å². The lowest BCUT2D eigenvalue weighted by molar-refractivity contribution is 0.884. The molecule has 0 aliphatic carbocycles.